The Labute approximate surface area is 224 Å². The summed E-state index contributed by atoms with van der Waals surface area (Å²) in [6, 6.07) is 0. The van der Waals surface area contributed by atoms with E-state index in [1.54, 1.807) is 6.92 Å². The van der Waals surface area contributed by atoms with E-state index >= 15 is 0 Å². The Hall–Kier alpha value is 1.51. The summed E-state index contributed by atoms with van der Waals surface area (Å²) in [5.74, 6) is 0. The van der Waals surface area contributed by atoms with Crippen LogP contribution in [0, 0.1) is 0 Å². The Morgan fingerprint density at radius 2 is 0.931 bits per heavy atom. The van der Waals surface area contributed by atoms with E-state index in [1.165, 1.54) is 77.0 Å². The van der Waals surface area contributed by atoms with Crippen LogP contribution in [0.3, 0.4) is 0 Å². The van der Waals surface area contributed by atoms with Crippen LogP contribution in [0.15, 0.2) is 0 Å². The van der Waals surface area contributed by atoms with E-state index in [9.17, 15) is 18.1 Å². The predicted molar refractivity (Wildman–Crippen MR) is 119 cm³/mol. The molecule has 170 valence electrons. The summed E-state index contributed by atoms with van der Waals surface area (Å²) in [5, 5.41) is 8.82. The molecule has 0 bridgehead atoms. The minimum atomic E-state index is -4.10. The number of unbranched alkanes of at least 4 members (excludes halogenated alkanes) is 14. The number of aliphatic hydroxyl groups is 1. The fraction of sp³-hybridized carbons (Fsp3) is 1.00. The van der Waals surface area contributed by atoms with Gasteiger partial charge >= 0.3 is 51.4 Å². The van der Waals surface area contributed by atoms with Crippen molar-refractivity contribution in [3.05, 3.63) is 0 Å². The summed E-state index contributed by atoms with van der Waals surface area (Å²) in [6.45, 7) is 3.82. The van der Waals surface area contributed by atoms with Gasteiger partial charge in [-0.05, 0) is 25.7 Å². The smallest absolute Gasteiger partial charge is 0.748 e. The van der Waals surface area contributed by atoms with Crippen molar-refractivity contribution in [2.75, 3.05) is 0 Å². The third-order valence-electron chi connectivity index (χ3n) is 5.90. The zero-order valence-electron chi connectivity index (χ0n) is 19.7. The summed E-state index contributed by atoms with van der Waals surface area (Å²) < 4.78 is 33.1. The molecule has 0 saturated carbocycles. The maximum Gasteiger partial charge on any atom is 1.00 e. The zero-order valence-corrected chi connectivity index (χ0v) is 23.6. The zero-order chi connectivity index (χ0) is 21.1. The topological polar surface area (TPSA) is 77.4 Å². The van der Waals surface area contributed by atoms with Crippen molar-refractivity contribution in [3.63, 3.8) is 0 Å². The average molecular weight is 459 g/mol. The molecule has 0 aromatic rings. The van der Waals surface area contributed by atoms with Gasteiger partial charge < -0.3 is 9.66 Å². The van der Waals surface area contributed by atoms with E-state index in [1.807, 2.05) is 6.92 Å². The van der Waals surface area contributed by atoms with Crippen molar-refractivity contribution in [1.82, 2.24) is 0 Å². The van der Waals surface area contributed by atoms with Crippen LogP contribution in [0.1, 0.15) is 136 Å². The number of rotatable bonds is 21. The predicted octanol–water partition coefficient (Wildman–Crippen LogP) is 3.72. The SMILES string of the molecule is CCC(O)CCCCCCCCCCCCCCCCCC(CC)S(=O)(=O)[O-].[K+]. The summed E-state index contributed by atoms with van der Waals surface area (Å²) in [5.41, 5.74) is 0. The molecule has 0 radical (unpaired) electrons. The van der Waals surface area contributed by atoms with Gasteiger partial charge in [-0.15, -0.1) is 0 Å². The van der Waals surface area contributed by atoms with Crippen LogP contribution in [-0.2, 0) is 10.1 Å². The van der Waals surface area contributed by atoms with Crippen LogP contribution in [0.2, 0.25) is 0 Å². The largest absolute Gasteiger partial charge is 1.00 e. The van der Waals surface area contributed by atoms with Crippen LogP contribution in [-0.4, -0.2) is 29.4 Å². The van der Waals surface area contributed by atoms with Crippen LogP contribution >= 0.6 is 0 Å². The van der Waals surface area contributed by atoms with Gasteiger partial charge in [-0.3, -0.25) is 0 Å². The molecule has 4 nitrogen and oxygen atoms in total. The van der Waals surface area contributed by atoms with E-state index in [2.05, 4.69) is 0 Å². The molecule has 0 rings (SSSR count). The van der Waals surface area contributed by atoms with Crippen molar-refractivity contribution in [2.24, 2.45) is 0 Å². The Balaban J connectivity index is 0. The Morgan fingerprint density at radius 1 is 0.621 bits per heavy atom. The molecule has 0 aliphatic heterocycles. The second-order valence-electron chi connectivity index (χ2n) is 8.47. The van der Waals surface area contributed by atoms with Gasteiger partial charge in [0.15, 0.2) is 0 Å². The summed E-state index contributed by atoms with van der Waals surface area (Å²) in [4.78, 5) is 0. The van der Waals surface area contributed by atoms with E-state index in [0.717, 1.165) is 32.1 Å². The molecule has 0 aromatic heterocycles. The molecule has 0 amide bonds. The maximum atomic E-state index is 11.0. The molecule has 0 fully saturated rings. The minimum absolute atomic E-state index is 0. The number of aliphatic hydroxyl groups excluding tert-OH is 1. The third-order valence-corrected chi connectivity index (χ3v) is 7.28. The standard InChI is InChI=1S/C23H48O4S.K/c1-3-22(24)20-18-16-14-12-10-8-6-5-7-9-11-13-15-17-19-21-23(4-2)28(25,26)27;/h22-24H,3-21H2,1-2H3,(H,25,26,27);/q;+1/p-1. The van der Waals surface area contributed by atoms with Crippen LogP contribution in [0.5, 0.6) is 0 Å². The van der Waals surface area contributed by atoms with Crippen molar-refractivity contribution in [1.29, 1.82) is 0 Å². The molecular formula is C23H47KO4S. The monoisotopic (exact) mass is 458 g/mol. The molecule has 0 heterocycles. The molecule has 0 saturated heterocycles. The molecule has 2 atom stereocenters. The Kier molecular flexibility index (Phi) is 25.6. The first-order chi connectivity index (χ1) is 13.4. The van der Waals surface area contributed by atoms with E-state index in [0.29, 0.717) is 12.8 Å². The minimum Gasteiger partial charge on any atom is -0.748 e. The molecule has 1 N–H and O–H groups in total. The fourth-order valence-corrected chi connectivity index (χ4v) is 4.67. The number of hydrogen-bond acceptors (Lipinski definition) is 4. The maximum absolute atomic E-state index is 11.0. The second kappa shape index (κ2) is 22.7. The van der Waals surface area contributed by atoms with Crippen molar-refractivity contribution < 1.29 is 69.5 Å². The Bertz CT molecular complexity index is 429. The van der Waals surface area contributed by atoms with Gasteiger partial charge in [-0.25, -0.2) is 8.42 Å². The van der Waals surface area contributed by atoms with E-state index in [4.69, 9.17) is 0 Å². The van der Waals surface area contributed by atoms with Crippen molar-refractivity contribution in [3.8, 4) is 0 Å². The quantitative estimate of drug-likeness (QED) is 0.162. The first kappa shape index (κ1) is 32.7. The molecular weight excluding hydrogens is 411 g/mol. The molecule has 0 aliphatic carbocycles. The molecule has 6 heteroatoms. The Morgan fingerprint density at radius 3 is 1.21 bits per heavy atom. The van der Waals surface area contributed by atoms with Crippen LogP contribution in [0.25, 0.3) is 0 Å². The average Bonchev–Trinajstić information content (AvgIpc) is 2.65. The van der Waals surface area contributed by atoms with Gasteiger partial charge in [0.05, 0.1) is 16.2 Å². The first-order valence-corrected chi connectivity index (χ1v) is 13.5. The van der Waals surface area contributed by atoms with Gasteiger partial charge in [0.25, 0.3) is 0 Å². The van der Waals surface area contributed by atoms with E-state index in [-0.39, 0.29) is 57.5 Å². The summed E-state index contributed by atoms with van der Waals surface area (Å²) in [6.07, 6.45) is 21.5. The molecule has 0 aromatic carbocycles. The molecule has 2 unspecified atom stereocenters. The molecule has 29 heavy (non-hydrogen) atoms. The fourth-order valence-electron chi connectivity index (χ4n) is 3.81. The van der Waals surface area contributed by atoms with Crippen molar-refractivity contribution in [2.45, 2.75) is 147 Å². The van der Waals surface area contributed by atoms with E-state index < -0.39 is 15.4 Å². The van der Waals surface area contributed by atoms with Crippen LogP contribution in [0.4, 0.5) is 0 Å². The van der Waals surface area contributed by atoms with Crippen LogP contribution < -0.4 is 51.4 Å². The van der Waals surface area contributed by atoms with Crippen molar-refractivity contribution >= 4 is 10.1 Å². The van der Waals surface area contributed by atoms with Gasteiger partial charge in [-0.2, -0.15) is 0 Å². The van der Waals surface area contributed by atoms with Gasteiger partial charge in [0, 0.05) is 5.25 Å². The second-order valence-corrected chi connectivity index (χ2v) is 10.1. The summed E-state index contributed by atoms with van der Waals surface area (Å²) >= 11 is 0. The molecule has 0 aliphatic rings. The first-order valence-electron chi connectivity index (χ1n) is 12.0. The van der Waals surface area contributed by atoms with Gasteiger partial charge in [0.2, 0.25) is 0 Å². The normalized spacial score (nSPS) is 13.8. The number of hydrogen-bond donors (Lipinski definition) is 1. The molecule has 0 spiro atoms. The van der Waals surface area contributed by atoms with Gasteiger partial charge in [-0.1, -0.05) is 110 Å². The third kappa shape index (κ3) is 22.5. The summed E-state index contributed by atoms with van der Waals surface area (Å²) in [7, 11) is -4.10. The van der Waals surface area contributed by atoms with Gasteiger partial charge in [0.1, 0.15) is 0 Å².